The monoisotopic (exact) mass is 291 g/mol. The van der Waals surface area contributed by atoms with Gasteiger partial charge in [-0.25, -0.2) is 9.89 Å². The summed E-state index contributed by atoms with van der Waals surface area (Å²) in [6.45, 7) is 4.56. The summed E-state index contributed by atoms with van der Waals surface area (Å²) in [7, 11) is 0. The molecular weight excluding hydrogens is 274 g/mol. The molecule has 106 valence electrons. The zero-order chi connectivity index (χ0) is 14.7. The number of benzene rings is 1. The van der Waals surface area contributed by atoms with Gasteiger partial charge in [0.1, 0.15) is 5.84 Å². The number of amidine groups is 1. The molecule has 0 spiro atoms. The molecule has 0 aliphatic heterocycles. The summed E-state index contributed by atoms with van der Waals surface area (Å²) in [6.07, 6.45) is 0.848. The van der Waals surface area contributed by atoms with Crippen LogP contribution in [0.2, 0.25) is 0 Å². The number of nitrogen functional groups attached to an aromatic ring is 1. The number of aryl methyl sites for hydroxylation is 1. The van der Waals surface area contributed by atoms with Gasteiger partial charge in [0.15, 0.2) is 5.16 Å². The lowest BCUT2D eigenvalue weighted by Gasteiger charge is -2.09. The van der Waals surface area contributed by atoms with E-state index < -0.39 is 0 Å². The molecule has 4 N–H and O–H groups in total. The zero-order valence-electron chi connectivity index (χ0n) is 11.4. The number of aromatic amines is 1. The van der Waals surface area contributed by atoms with Crippen LogP contribution in [0.3, 0.4) is 0 Å². The van der Waals surface area contributed by atoms with E-state index in [1.807, 2.05) is 32.0 Å². The number of aromatic nitrogens is 3. The molecule has 0 amide bonds. The third-order valence-electron chi connectivity index (χ3n) is 2.80. The number of nitrogens with zero attached hydrogens (tertiary/aromatic N) is 2. The van der Waals surface area contributed by atoms with Crippen LogP contribution in [0.4, 0.5) is 0 Å². The summed E-state index contributed by atoms with van der Waals surface area (Å²) in [4.78, 5) is 12.5. The minimum atomic E-state index is -0.217. The Kier molecular flexibility index (Phi) is 4.29. The van der Waals surface area contributed by atoms with Gasteiger partial charge < -0.3 is 5.73 Å². The third-order valence-corrected chi connectivity index (χ3v) is 3.87. The lowest BCUT2D eigenvalue weighted by atomic mass is 10.1. The smallest absolute Gasteiger partial charge is 0.343 e. The van der Waals surface area contributed by atoms with Crippen LogP contribution in [-0.4, -0.2) is 20.6 Å². The van der Waals surface area contributed by atoms with E-state index in [1.54, 1.807) is 4.57 Å². The molecule has 1 aromatic heterocycles. The summed E-state index contributed by atoms with van der Waals surface area (Å²) in [6, 6.07) is 5.70. The van der Waals surface area contributed by atoms with Gasteiger partial charge in [-0.05, 0) is 37.2 Å². The van der Waals surface area contributed by atoms with Crippen LogP contribution in [0, 0.1) is 12.3 Å². The number of nitrogens with one attached hydrogen (secondary N) is 2. The molecule has 0 aliphatic rings. The van der Waals surface area contributed by atoms with Crippen molar-refractivity contribution < 1.29 is 0 Å². The fraction of sp³-hybridized carbons (Fsp3) is 0.308. The highest BCUT2D eigenvalue weighted by Gasteiger charge is 2.13. The first-order chi connectivity index (χ1) is 9.52. The van der Waals surface area contributed by atoms with E-state index in [2.05, 4.69) is 10.2 Å². The van der Waals surface area contributed by atoms with Crippen molar-refractivity contribution in [1.29, 1.82) is 5.41 Å². The Balaban J connectivity index is 2.40. The first-order valence-corrected chi connectivity index (χ1v) is 7.12. The van der Waals surface area contributed by atoms with Crippen molar-refractivity contribution >= 4 is 17.6 Å². The minimum Gasteiger partial charge on any atom is -0.384 e. The molecule has 0 aliphatic carbocycles. The largest absolute Gasteiger partial charge is 0.384 e. The molecule has 20 heavy (non-hydrogen) atoms. The van der Waals surface area contributed by atoms with Crippen molar-refractivity contribution in [2.24, 2.45) is 5.73 Å². The van der Waals surface area contributed by atoms with Crippen molar-refractivity contribution in [3.63, 3.8) is 0 Å². The molecule has 2 rings (SSSR count). The fourth-order valence-corrected chi connectivity index (χ4v) is 2.83. The molecule has 6 nitrogen and oxygen atoms in total. The van der Waals surface area contributed by atoms with Gasteiger partial charge in [-0.3, -0.25) is 9.98 Å². The highest BCUT2D eigenvalue weighted by Crippen LogP contribution is 2.29. The normalized spacial score (nSPS) is 10.7. The minimum absolute atomic E-state index is 0.0103. The molecule has 0 saturated carbocycles. The average Bonchev–Trinajstić information content (AvgIpc) is 2.74. The Morgan fingerprint density at radius 1 is 1.55 bits per heavy atom. The van der Waals surface area contributed by atoms with Gasteiger partial charge in [0.25, 0.3) is 0 Å². The Hall–Kier alpha value is -2.02. The maximum atomic E-state index is 11.7. The Bertz CT molecular complexity index is 688. The maximum Gasteiger partial charge on any atom is 0.343 e. The van der Waals surface area contributed by atoms with E-state index in [0.29, 0.717) is 17.3 Å². The van der Waals surface area contributed by atoms with E-state index in [-0.39, 0.29) is 11.5 Å². The van der Waals surface area contributed by atoms with E-state index in [1.165, 1.54) is 11.8 Å². The molecule has 0 bridgehead atoms. The van der Waals surface area contributed by atoms with Crippen LogP contribution in [0.5, 0.6) is 0 Å². The summed E-state index contributed by atoms with van der Waals surface area (Å²) in [5.41, 5.74) is 7.09. The summed E-state index contributed by atoms with van der Waals surface area (Å²) < 4.78 is 1.59. The predicted molar refractivity (Wildman–Crippen MR) is 79.5 cm³/mol. The molecule has 0 saturated heterocycles. The fourth-order valence-electron chi connectivity index (χ4n) is 1.84. The third kappa shape index (κ3) is 2.93. The second kappa shape index (κ2) is 5.96. The highest BCUT2D eigenvalue weighted by atomic mass is 32.2. The van der Waals surface area contributed by atoms with E-state index in [9.17, 15) is 4.79 Å². The second-order valence-corrected chi connectivity index (χ2v) is 5.49. The van der Waals surface area contributed by atoms with Crippen LogP contribution in [0.15, 0.2) is 33.0 Å². The molecule has 1 heterocycles. The first kappa shape index (κ1) is 14.4. The highest BCUT2D eigenvalue weighted by molar-refractivity contribution is 7.99. The first-order valence-electron chi connectivity index (χ1n) is 6.31. The van der Waals surface area contributed by atoms with Gasteiger partial charge in [-0.2, -0.15) is 0 Å². The number of hydrogen-bond donors (Lipinski definition) is 3. The van der Waals surface area contributed by atoms with E-state index >= 15 is 0 Å². The van der Waals surface area contributed by atoms with E-state index in [4.69, 9.17) is 11.1 Å². The number of nitrogens with two attached hydrogens (primary N) is 1. The lowest BCUT2D eigenvalue weighted by molar-refractivity contribution is 0.604. The predicted octanol–water partition coefficient (Wildman–Crippen LogP) is 1.73. The average molecular weight is 291 g/mol. The van der Waals surface area contributed by atoms with Crippen molar-refractivity contribution in [3.8, 4) is 0 Å². The van der Waals surface area contributed by atoms with Crippen LogP contribution >= 0.6 is 11.8 Å². The SMILES string of the molecule is CCCn1c(Sc2ccc(C)cc2C(=N)N)n[nH]c1=O. The van der Waals surface area contributed by atoms with Gasteiger partial charge in [0.05, 0.1) is 0 Å². The topological polar surface area (TPSA) is 101 Å². The lowest BCUT2D eigenvalue weighted by Crippen LogP contribution is -2.17. The molecule has 0 unspecified atom stereocenters. The van der Waals surface area contributed by atoms with E-state index in [0.717, 1.165) is 16.9 Å². The summed E-state index contributed by atoms with van der Waals surface area (Å²) in [5, 5.41) is 14.7. The summed E-state index contributed by atoms with van der Waals surface area (Å²) >= 11 is 1.34. The Labute approximate surface area is 120 Å². The number of rotatable bonds is 5. The van der Waals surface area contributed by atoms with Gasteiger partial charge in [-0.15, -0.1) is 5.10 Å². The van der Waals surface area contributed by atoms with Crippen molar-refractivity contribution in [2.75, 3.05) is 0 Å². The van der Waals surface area contributed by atoms with Crippen LogP contribution in [-0.2, 0) is 6.54 Å². The molecular formula is C13H17N5OS. The quantitative estimate of drug-likeness (QED) is 0.577. The van der Waals surface area contributed by atoms with Gasteiger partial charge in [-0.1, -0.05) is 18.6 Å². The summed E-state index contributed by atoms with van der Waals surface area (Å²) in [5.74, 6) is 0.0103. The Morgan fingerprint density at radius 3 is 2.95 bits per heavy atom. The second-order valence-electron chi connectivity index (χ2n) is 4.48. The molecule has 0 fully saturated rings. The van der Waals surface area contributed by atoms with Crippen LogP contribution in [0.25, 0.3) is 0 Å². The maximum absolute atomic E-state index is 11.7. The number of H-pyrrole nitrogens is 1. The van der Waals surface area contributed by atoms with Crippen molar-refractivity contribution in [2.45, 2.75) is 36.9 Å². The molecule has 0 atom stereocenters. The molecule has 2 aromatic rings. The van der Waals surface area contributed by atoms with Crippen LogP contribution in [0.1, 0.15) is 24.5 Å². The van der Waals surface area contributed by atoms with Crippen molar-refractivity contribution in [1.82, 2.24) is 14.8 Å². The Morgan fingerprint density at radius 2 is 2.30 bits per heavy atom. The number of hydrogen-bond acceptors (Lipinski definition) is 4. The molecule has 0 radical (unpaired) electrons. The standard InChI is InChI=1S/C13H17N5OS/c1-3-6-18-12(19)16-17-13(18)20-10-5-4-8(2)7-9(10)11(14)15/h4-5,7H,3,6H2,1-2H3,(H3,14,15)(H,16,19). The van der Waals surface area contributed by atoms with Crippen molar-refractivity contribution in [3.05, 3.63) is 39.8 Å². The zero-order valence-corrected chi connectivity index (χ0v) is 12.3. The van der Waals surface area contributed by atoms with Gasteiger partial charge in [0.2, 0.25) is 0 Å². The molecule has 7 heteroatoms. The molecule has 1 aromatic carbocycles. The van der Waals surface area contributed by atoms with Gasteiger partial charge >= 0.3 is 5.69 Å². The van der Waals surface area contributed by atoms with Crippen LogP contribution < -0.4 is 11.4 Å². The van der Waals surface area contributed by atoms with Gasteiger partial charge in [0, 0.05) is 17.0 Å².